The van der Waals surface area contributed by atoms with Gasteiger partial charge in [-0.05, 0) is 74.1 Å². The number of methoxy groups -OCH3 is 1. The van der Waals surface area contributed by atoms with Crippen molar-refractivity contribution in [1.82, 2.24) is 5.43 Å². The van der Waals surface area contributed by atoms with E-state index in [0.717, 1.165) is 47.9 Å². The lowest BCUT2D eigenvalue weighted by atomic mass is 9.95. The number of ether oxygens (including phenoxy) is 2. The van der Waals surface area contributed by atoms with Crippen molar-refractivity contribution < 1.29 is 33.7 Å². The van der Waals surface area contributed by atoms with Crippen LogP contribution in [-0.2, 0) is 27.2 Å². The van der Waals surface area contributed by atoms with E-state index in [1.807, 2.05) is 0 Å². The van der Waals surface area contributed by atoms with E-state index in [0.29, 0.717) is 17.7 Å². The summed E-state index contributed by atoms with van der Waals surface area (Å²) in [6.07, 6.45) is 3.36. The summed E-state index contributed by atoms with van der Waals surface area (Å²) in [7, 11) is 1.25. The molecule has 14 nitrogen and oxygen atoms in total. The average Bonchev–Trinajstić information content (AvgIpc) is 3.33. The van der Waals surface area contributed by atoms with Crippen molar-refractivity contribution in [2.75, 3.05) is 12.4 Å². The number of carbonyl (C=O) groups excluding carboxylic acids is 3. The molecule has 1 heterocycles. The molecular formula is C26H23N5O9S. The smallest absolute Gasteiger partial charge is 0.341 e. The Morgan fingerprint density at radius 2 is 1.68 bits per heavy atom. The van der Waals surface area contributed by atoms with Crippen LogP contribution in [0.4, 0.5) is 16.4 Å². The highest BCUT2D eigenvalue weighted by Crippen LogP contribution is 2.38. The number of nitro benzene ring substituents is 2. The number of hydrazone groups is 1. The Balaban J connectivity index is 1.41. The predicted molar refractivity (Wildman–Crippen MR) is 148 cm³/mol. The van der Waals surface area contributed by atoms with Crippen molar-refractivity contribution in [2.45, 2.75) is 32.6 Å². The van der Waals surface area contributed by atoms with E-state index in [9.17, 15) is 34.6 Å². The van der Waals surface area contributed by atoms with E-state index in [4.69, 9.17) is 9.47 Å². The first kappa shape index (κ1) is 28.8. The molecule has 1 aliphatic rings. The maximum atomic E-state index is 12.5. The van der Waals surface area contributed by atoms with Gasteiger partial charge in [0, 0.05) is 10.9 Å². The van der Waals surface area contributed by atoms with Gasteiger partial charge in [-0.25, -0.2) is 10.2 Å². The monoisotopic (exact) mass is 581 g/mol. The van der Waals surface area contributed by atoms with E-state index in [2.05, 4.69) is 15.8 Å². The number of benzene rings is 2. The van der Waals surface area contributed by atoms with Gasteiger partial charge in [0.25, 0.3) is 5.69 Å². The summed E-state index contributed by atoms with van der Waals surface area (Å²) in [4.78, 5) is 59.0. The molecule has 0 radical (unpaired) electrons. The second-order valence-corrected chi connectivity index (χ2v) is 9.90. The number of fused-ring (bicyclic) bond motifs is 1. The molecular weight excluding hydrogens is 558 g/mol. The molecule has 2 amide bonds. The van der Waals surface area contributed by atoms with Crippen LogP contribution in [0.1, 0.15) is 46.1 Å². The van der Waals surface area contributed by atoms with Gasteiger partial charge in [0.1, 0.15) is 10.8 Å². The topological polar surface area (TPSA) is 192 Å². The lowest BCUT2D eigenvalue weighted by Crippen LogP contribution is -2.33. The number of nitrogens with zero attached hydrogens (tertiary/aromatic N) is 3. The van der Waals surface area contributed by atoms with Gasteiger partial charge in [0.2, 0.25) is 5.75 Å². The van der Waals surface area contributed by atoms with Crippen molar-refractivity contribution in [2.24, 2.45) is 5.10 Å². The predicted octanol–water partition coefficient (Wildman–Crippen LogP) is 4.50. The Morgan fingerprint density at radius 3 is 2.34 bits per heavy atom. The number of hydrogen-bond acceptors (Lipinski definition) is 11. The number of thiophene rings is 1. The zero-order valence-corrected chi connectivity index (χ0v) is 22.6. The van der Waals surface area contributed by atoms with Crippen LogP contribution in [0.25, 0.3) is 0 Å². The molecule has 3 aromatic rings. The standard InChI is InChI=1S/C26H23N5O9S/c1-14(15-7-10-17(11-8-15)40-20-12-9-16(30(35)36)13-19(20)31(37)38)28-29-24(33)23(32)27-25-22(26(34)39-2)18-5-3-4-6-21(18)41-25/h7-13H,3-6H2,1-2H3,(H,27,32)(H,29,33). The molecule has 0 saturated carbocycles. The summed E-state index contributed by atoms with van der Waals surface area (Å²) >= 11 is 1.25. The molecule has 0 unspecified atom stereocenters. The minimum Gasteiger partial charge on any atom is -0.465 e. The van der Waals surface area contributed by atoms with E-state index in [-0.39, 0.29) is 22.1 Å². The van der Waals surface area contributed by atoms with Gasteiger partial charge in [-0.3, -0.25) is 29.8 Å². The maximum absolute atomic E-state index is 12.5. The minimum atomic E-state index is -1.04. The van der Waals surface area contributed by atoms with Crippen LogP contribution >= 0.6 is 11.3 Å². The van der Waals surface area contributed by atoms with Crippen molar-refractivity contribution in [1.29, 1.82) is 0 Å². The molecule has 1 aromatic heterocycles. The molecule has 2 N–H and O–H groups in total. The minimum absolute atomic E-state index is 0.182. The summed E-state index contributed by atoms with van der Waals surface area (Å²) in [5.41, 5.74) is 3.15. The van der Waals surface area contributed by atoms with Gasteiger partial charge in [0.05, 0.1) is 34.3 Å². The van der Waals surface area contributed by atoms with Gasteiger partial charge in [-0.2, -0.15) is 5.10 Å². The van der Waals surface area contributed by atoms with Gasteiger partial charge >= 0.3 is 23.5 Å². The third kappa shape index (κ3) is 6.52. The molecule has 4 rings (SSSR count). The summed E-state index contributed by atoms with van der Waals surface area (Å²) in [5.74, 6) is -2.60. The Labute approximate surface area is 236 Å². The van der Waals surface area contributed by atoms with Crippen LogP contribution in [0.15, 0.2) is 47.6 Å². The molecule has 41 heavy (non-hydrogen) atoms. The molecule has 0 bridgehead atoms. The van der Waals surface area contributed by atoms with Gasteiger partial charge < -0.3 is 14.8 Å². The van der Waals surface area contributed by atoms with Crippen LogP contribution in [0.5, 0.6) is 11.5 Å². The number of nitro groups is 2. The fourth-order valence-corrected chi connectivity index (χ4v) is 5.39. The molecule has 0 atom stereocenters. The summed E-state index contributed by atoms with van der Waals surface area (Å²) in [6.45, 7) is 1.58. The molecule has 0 fully saturated rings. The van der Waals surface area contributed by atoms with Crippen LogP contribution in [-0.4, -0.2) is 40.5 Å². The third-order valence-corrected chi connectivity index (χ3v) is 7.38. The molecule has 0 saturated heterocycles. The van der Waals surface area contributed by atoms with Gasteiger partial charge in [-0.1, -0.05) is 0 Å². The third-order valence-electron chi connectivity index (χ3n) is 6.17. The first-order chi connectivity index (χ1) is 19.6. The summed E-state index contributed by atoms with van der Waals surface area (Å²) in [6, 6.07) is 9.14. The Kier molecular flexibility index (Phi) is 8.67. The number of esters is 1. The SMILES string of the molecule is COC(=O)c1c(NC(=O)C(=O)NN=C(C)c2ccc(Oc3ccc([N+](=O)[O-])cc3[N+](=O)[O-])cc2)sc2c1CCCC2. The van der Waals surface area contributed by atoms with E-state index in [1.54, 1.807) is 19.1 Å². The van der Waals surface area contributed by atoms with Crippen LogP contribution in [0, 0.1) is 20.2 Å². The summed E-state index contributed by atoms with van der Waals surface area (Å²) < 4.78 is 10.4. The van der Waals surface area contributed by atoms with Crippen LogP contribution < -0.4 is 15.5 Å². The maximum Gasteiger partial charge on any atom is 0.341 e. The quantitative estimate of drug-likeness (QED) is 0.127. The average molecular weight is 582 g/mol. The van der Waals surface area contributed by atoms with Gasteiger partial charge in [-0.15, -0.1) is 11.3 Å². The highest BCUT2D eigenvalue weighted by Gasteiger charge is 2.28. The van der Waals surface area contributed by atoms with E-state index in [1.165, 1.54) is 30.6 Å². The van der Waals surface area contributed by atoms with Crippen molar-refractivity contribution in [3.05, 3.63) is 84.3 Å². The number of amides is 2. The number of aryl methyl sites for hydroxylation is 1. The van der Waals surface area contributed by atoms with Crippen molar-refractivity contribution in [3.63, 3.8) is 0 Å². The Hall–Kier alpha value is -5.18. The number of anilines is 1. The van der Waals surface area contributed by atoms with E-state index >= 15 is 0 Å². The molecule has 15 heteroatoms. The second kappa shape index (κ2) is 12.3. The number of nitrogens with one attached hydrogen (secondary N) is 2. The molecule has 212 valence electrons. The second-order valence-electron chi connectivity index (χ2n) is 8.79. The highest BCUT2D eigenvalue weighted by molar-refractivity contribution is 7.17. The van der Waals surface area contributed by atoms with Crippen LogP contribution in [0.2, 0.25) is 0 Å². The van der Waals surface area contributed by atoms with Crippen LogP contribution in [0.3, 0.4) is 0 Å². The van der Waals surface area contributed by atoms with Crippen molar-refractivity contribution in [3.8, 4) is 11.5 Å². The number of carbonyl (C=O) groups is 3. The highest BCUT2D eigenvalue weighted by atomic mass is 32.1. The zero-order chi connectivity index (χ0) is 29.7. The first-order valence-corrected chi connectivity index (χ1v) is 13.0. The number of non-ortho nitro benzene ring substituents is 1. The van der Waals surface area contributed by atoms with Crippen molar-refractivity contribution >= 4 is 51.2 Å². The first-order valence-electron chi connectivity index (χ1n) is 12.2. The number of rotatable bonds is 8. The normalized spacial score (nSPS) is 12.6. The molecule has 0 aliphatic heterocycles. The molecule has 0 spiro atoms. The van der Waals surface area contributed by atoms with Gasteiger partial charge in [0.15, 0.2) is 0 Å². The lowest BCUT2D eigenvalue weighted by molar-refractivity contribution is -0.394. The lowest BCUT2D eigenvalue weighted by Gasteiger charge is -2.11. The molecule has 2 aromatic carbocycles. The fourth-order valence-electron chi connectivity index (χ4n) is 4.12. The van der Waals surface area contributed by atoms with E-state index < -0.39 is 39.0 Å². The Bertz CT molecular complexity index is 1580. The summed E-state index contributed by atoms with van der Waals surface area (Å²) in [5, 5.41) is 28.9. The molecule has 1 aliphatic carbocycles. The largest absolute Gasteiger partial charge is 0.465 e. The zero-order valence-electron chi connectivity index (χ0n) is 21.8. The fraction of sp³-hybridized carbons (Fsp3) is 0.231. The Morgan fingerprint density at radius 1 is 0.976 bits per heavy atom. The number of hydrogen-bond donors (Lipinski definition) is 2.